The third-order valence-electron chi connectivity index (χ3n) is 4.24. The number of carbonyl (C=O) groups is 2. The van der Waals surface area contributed by atoms with Crippen LogP contribution in [-0.4, -0.2) is 41.1 Å². The molecule has 2 N–H and O–H groups in total. The number of aromatic nitrogens is 2. The fraction of sp³-hybridized carbons (Fsp3) is 0.389. The Morgan fingerprint density at radius 1 is 1.23 bits per heavy atom. The Balaban J connectivity index is 0.00000338. The molecule has 2 rings (SSSR count). The van der Waals surface area contributed by atoms with Gasteiger partial charge in [0.25, 0.3) is 5.91 Å². The maximum absolute atomic E-state index is 14.0. The second kappa shape index (κ2) is 9.45. The van der Waals surface area contributed by atoms with Gasteiger partial charge in [-0.2, -0.15) is 5.10 Å². The molecule has 1 aromatic carbocycles. The minimum atomic E-state index is -0.597. The average Bonchev–Trinajstić information content (AvgIpc) is 2.86. The molecule has 0 radical (unpaired) electrons. The van der Waals surface area contributed by atoms with Crippen LogP contribution in [0.2, 0.25) is 0 Å². The number of hydrogen-bond acceptors (Lipinski definition) is 3. The minimum absolute atomic E-state index is 0. The van der Waals surface area contributed by atoms with E-state index < -0.39 is 11.6 Å². The predicted octanol–water partition coefficient (Wildman–Crippen LogP) is -2.03. The summed E-state index contributed by atoms with van der Waals surface area (Å²) >= 11 is 0. The monoisotopic (exact) mass is 382 g/mol. The number of nitrogens with one attached hydrogen (secondary N) is 2. The van der Waals surface area contributed by atoms with E-state index in [2.05, 4.69) is 10.4 Å². The SMILES string of the molecule is CC[NH+](CC)CC(=O)Nc1c(C(=O)c2ccccc2F)c(C)nn1C.[Cl-]. The number of anilines is 1. The Kier molecular flexibility index (Phi) is 7.92. The van der Waals surface area contributed by atoms with Crippen molar-refractivity contribution < 1.29 is 31.3 Å². The molecule has 6 nitrogen and oxygen atoms in total. The number of hydrogen-bond donors (Lipinski definition) is 2. The molecule has 0 atom stereocenters. The molecule has 2 aromatic rings. The third kappa shape index (κ3) is 4.68. The Morgan fingerprint density at radius 3 is 2.42 bits per heavy atom. The Bertz CT molecular complexity index is 787. The fourth-order valence-corrected chi connectivity index (χ4v) is 2.76. The molecular formula is C18H24ClFN4O2. The zero-order valence-electron chi connectivity index (χ0n) is 15.4. The predicted molar refractivity (Wildman–Crippen MR) is 93.3 cm³/mol. The molecule has 1 aromatic heterocycles. The number of amides is 1. The lowest BCUT2D eigenvalue weighted by Gasteiger charge is -2.15. The van der Waals surface area contributed by atoms with Gasteiger partial charge in [-0.3, -0.25) is 14.3 Å². The normalized spacial score (nSPS) is 10.5. The summed E-state index contributed by atoms with van der Waals surface area (Å²) in [5, 5.41) is 6.98. The van der Waals surface area contributed by atoms with Crippen molar-refractivity contribution in [2.75, 3.05) is 25.0 Å². The number of carbonyl (C=O) groups excluding carboxylic acids is 2. The van der Waals surface area contributed by atoms with Crippen molar-refractivity contribution in [3.8, 4) is 0 Å². The van der Waals surface area contributed by atoms with E-state index >= 15 is 0 Å². The van der Waals surface area contributed by atoms with Crippen LogP contribution >= 0.6 is 0 Å². The molecular weight excluding hydrogens is 359 g/mol. The maximum Gasteiger partial charge on any atom is 0.280 e. The summed E-state index contributed by atoms with van der Waals surface area (Å²) in [6, 6.07) is 5.79. The molecule has 0 aliphatic rings. The molecule has 26 heavy (non-hydrogen) atoms. The number of aryl methyl sites for hydroxylation is 2. The highest BCUT2D eigenvalue weighted by Gasteiger charge is 2.25. The molecule has 8 heteroatoms. The molecule has 0 bridgehead atoms. The fourth-order valence-electron chi connectivity index (χ4n) is 2.76. The first-order chi connectivity index (χ1) is 11.9. The largest absolute Gasteiger partial charge is 1.00 e. The van der Waals surface area contributed by atoms with E-state index in [1.54, 1.807) is 20.0 Å². The first-order valence-corrected chi connectivity index (χ1v) is 8.35. The van der Waals surface area contributed by atoms with Gasteiger partial charge in [-0.15, -0.1) is 0 Å². The van der Waals surface area contributed by atoms with Crippen LogP contribution in [0.4, 0.5) is 10.2 Å². The van der Waals surface area contributed by atoms with Crippen LogP contribution in [0.5, 0.6) is 0 Å². The number of likely N-dealkylation sites (N-methyl/N-ethyl adjacent to an activating group) is 1. The highest BCUT2D eigenvalue weighted by molar-refractivity contribution is 6.14. The minimum Gasteiger partial charge on any atom is -1.00 e. The van der Waals surface area contributed by atoms with E-state index in [1.807, 2.05) is 13.8 Å². The van der Waals surface area contributed by atoms with Gasteiger partial charge in [0.1, 0.15) is 11.6 Å². The van der Waals surface area contributed by atoms with Crippen molar-refractivity contribution in [2.24, 2.45) is 7.05 Å². The van der Waals surface area contributed by atoms with Crippen LogP contribution in [0.1, 0.15) is 35.5 Å². The Morgan fingerprint density at radius 2 is 1.85 bits per heavy atom. The number of rotatable bonds is 7. The second-order valence-electron chi connectivity index (χ2n) is 5.92. The van der Waals surface area contributed by atoms with Crippen molar-refractivity contribution in [1.29, 1.82) is 0 Å². The van der Waals surface area contributed by atoms with Gasteiger partial charge in [-0.05, 0) is 32.9 Å². The van der Waals surface area contributed by atoms with Gasteiger partial charge in [-0.1, -0.05) is 12.1 Å². The first-order valence-electron chi connectivity index (χ1n) is 8.35. The molecule has 0 saturated heterocycles. The van der Waals surface area contributed by atoms with Crippen LogP contribution in [0.3, 0.4) is 0 Å². The highest BCUT2D eigenvalue weighted by Crippen LogP contribution is 2.23. The second-order valence-corrected chi connectivity index (χ2v) is 5.92. The van der Waals surface area contributed by atoms with Crippen LogP contribution in [-0.2, 0) is 11.8 Å². The van der Waals surface area contributed by atoms with Gasteiger partial charge in [0.15, 0.2) is 6.54 Å². The summed E-state index contributed by atoms with van der Waals surface area (Å²) in [6.45, 7) is 7.63. The van der Waals surface area contributed by atoms with E-state index in [0.29, 0.717) is 18.1 Å². The topological polar surface area (TPSA) is 68.4 Å². The Labute approximate surface area is 158 Å². The standard InChI is InChI=1S/C18H23FN4O2.ClH/c1-5-23(6-2)11-15(24)20-18-16(12(3)21-22(18)4)17(25)13-9-7-8-10-14(13)19;/h7-10H,5-6,11H2,1-4H3,(H,20,24);1H. The van der Waals surface area contributed by atoms with Gasteiger partial charge in [0, 0.05) is 7.05 Å². The molecule has 0 fully saturated rings. The molecule has 0 spiro atoms. The number of halogens is 2. The van der Waals surface area contributed by atoms with Gasteiger partial charge in [-0.25, -0.2) is 4.39 Å². The van der Waals surface area contributed by atoms with Crippen LogP contribution in [0.25, 0.3) is 0 Å². The molecule has 1 amide bonds. The number of benzene rings is 1. The quantitative estimate of drug-likeness (QED) is 0.543. The molecule has 0 aliphatic heterocycles. The van der Waals surface area contributed by atoms with E-state index in [1.165, 1.54) is 22.9 Å². The molecule has 1 heterocycles. The molecule has 0 aliphatic carbocycles. The van der Waals surface area contributed by atoms with Crippen molar-refractivity contribution in [3.63, 3.8) is 0 Å². The molecule has 142 valence electrons. The lowest BCUT2D eigenvalue weighted by molar-refractivity contribution is -0.888. The summed E-state index contributed by atoms with van der Waals surface area (Å²) in [7, 11) is 1.64. The zero-order valence-corrected chi connectivity index (χ0v) is 16.2. The maximum atomic E-state index is 14.0. The number of nitrogens with zero attached hydrogens (tertiary/aromatic N) is 2. The average molecular weight is 383 g/mol. The van der Waals surface area contributed by atoms with Gasteiger partial charge in [0.05, 0.1) is 29.9 Å². The van der Waals surface area contributed by atoms with Crippen molar-refractivity contribution in [1.82, 2.24) is 9.78 Å². The smallest absolute Gasteiger partial charge is 0.280 e. The first kappa shape index (κ1) is 21.8. The van der Waals surface area contributed by atoms with Crippen molar-refractivity contribution in [3.05, 3.63) is 46.9 Å². The number of quaternary nitrogens is 1. The van der Waals surface area contributed by atoms with E-state index in [0.717, 1.165) is 18.0 Å². The lowest BCUT2D eigenvalue weighted by Crippen LogP contribution is -3.12. The Hall–Kier alpha value is -2.25. The van der Waals surface area contributed by atoms with Crippen molar-refractivity contribution in [2.45, 2.75) is 20.8 Å². The van der Waals surface area contributed by atoms with Gasteiger partial charge >= 0.3 is 0 Å². The van der Waals surface area contributed by atoms with Gasteiger partial charge < -0.3 is 22.6 Å². The van der Waals surface area contributed by atoms with E-state index in [-0.39, 0.29) is 29.4 Å². The van der Waals surface area contributed by atoms with Crippen LogP contribution < -0.4 is 22.6 Å². The number of ketones is 1. The molecule has 0 unspecified atom stereocenters. The third-order valence-corrected chi connectivity index (χ3v) is 4.24. The highest BCUT2D eigenvalue weighted by atomic mass is 35.5. The van der Waals surface area contributed by atoms with Crippen LogP contribution in [0.15, 0.2) is 24.3 Å². The van der Waals surface area contributed by atoms with Gasteiger partial charge in [0.2, 0.25) is 5.78 Å². The summed E-state index contributed by atoms with van der Waals surface area (Å²) in [5.74, 6) is -0.999. The zero-order chi connectivity index (χ0) is 18.6. The summed E-state index contributed by atoms with van der Waals surface area (Å²) in [5.41, 5.74) is 0.625. The summed E-state index contributed by atoms with van der Waals surface area (Å²) in [4.78, 5) is 26.2. The van der Waals surface area contributed by atoms with Crippen molar-refractivity contribution >= 4 is 17.5 Å². The summed E-state index contributed by atoms with van der Waals surface area (Å²) in [6.07, 6.45) is 0. The van der Waals surface area contributed by atoms with E-state index in [9.17, 15) is 14.0 Å². The summed E-state index contributed by atoms with van der Waals surface area (Å²) < 4.78 is 15.4. The van der Waals surface area contributed by atoms with Crippen LogP contribution in [0, 0.1) is 12.7 Å². The molecule has 0 saturated carbocycles. The van der Waals surface area contributed by atoms with E-state index in [4.69, 9.17) is 0 Å². The lowest BCUT2D eigenvalue weighted by atomic mass is 10.0.